The third kappa shape index (κ3) is 4.57. The smallest absolute Gasteiger partial charge is 0.112 e. The molecule has 0 bridgehead atoms. The van der Waals surface area contributed by atoms with Crippen LogP contribution in [0.3, 0.4) is 0 Å². The zero-order valence-electron chi connectivity index (χ0n) is 16.2. The van der Waals surface area contributed by atoms with Crippen LogP contribution in [0, 0.1) is 0 Å². The van der Waals surface area contributed by atoms with Gasteiger partial charge in [0.25, 0.3) is 0 Å². The van der Waals surface area contributed by atoms with Crippen LogP contribution >= 0.6 is 7.26 Å². The van der Waals surface area contributed by atoms with E-state index in [1.54, 1.807) is 0 Å². The van der Waals surface area contributed by atoms with Crippen LogP contribution in [0.15, 0.2) is 91.0 Å². The molecule has 3 aromatic rings. The standard InChI is InChI=1S/C25H28OP.BrH/c1-4-13-23(14-5-1)27(24-15-6-2-7-16-24,25-17-8-3-9-18-25)21-19-22-12-10-11-20-26-22;/h1-9,13-18,22H,10-12,19-21H2;1H/q+1;/p-1. The predicted molar refractivity (Wildman–Crippen MR) is 118 cm³/mol. The van der Waals surface area contributed by atoms with Gasteiger partial charge in [-0.05, 0) is 55.7 Å². The highest BCUT2D eigenvalue weighted by atomic mass is 79.9. The Hall–Kier alpha value is -1.47. The Morgan fingerprint density at radius 3 is 1.54 bits per heavy atom. The van der Waals surface area contributed by atoms with E-state index in [2.05, 4.69) is 91.0 Å². The number of rotatable bonds is 6. The molecule has 1 saturated heterocycles. The van der Waals surface area contributed by atoms with Crippen molar-refractivity contribution >= 4 is 23.2 Å². The summed E-state index contributed by atoms with van der Waals surface area (Å²) in [5, 5.41) is 4.41. The molecule has 0 radical (unpaired) electrons. The van der Waals surface area contributed by atoms with Gasteiger partial charge >= 0.3 is 0 Å². The van der Waals surface area contributed by atoms with Crippen molar-refractivity contribution in [2.45, 2.75) is 31.8 Å². The van der Waals surface area contributed by atoms with Crippen LogP contribution in [-0.4, -0.2) is 18.9 Å². The molecule has 28 heavy (non-hydrogen) atoms. The minimum atomic E-state index is -1.70. The Labute approximate surface area is 180 Å². The normalized spacial score (nSPS) is 16.9. The zero-order chi connectivity index (χ0) is 18.4. The summed E-state index contributed by atoms with van der Waals surface area (Å²) in [4.78, 5) is 0. The second-order valence-corrected chi connectivity index (χ2v) is 10.9. The molecule has 3 aromatic carbocycles. The number of benzene rings is 3. The summed E-state index contributed by atoms with van der Waals surface area (Å²) in [5.74, 6) is 0. The molecule has 146 valence electrons. The van der Waals surface area contributed by atoms with Crippen molar-refractivity contribution in [2.75, 3.05) is 12.8 Å². The molecule has 0 N–H and O–H groups in total. The van der Waals surface area contributed by atoms with Crippen LogP contribution in [0.2, 0.25) is 0 Å². The molecule has 1 aliphatic heterocycles. The first-order valence-corrected chi connectivity index (χ1v) is 12.0. The van der Waals surface area contributed by atoms with Crippen molar-refractivity contribution in [2.24, 2.45) is 0 Å². The van der Waals surface area contributed by atoms with Gasteiger partial charge in [0.05, 0.1) is 12.3 Å². The number of halogens is 1. The first kappa shape index (κ1) is 21.2. The molecule has 0 aliphatic carbocycles. The second-order valence-electron chi connectivity index (χ2n) is 7.32. The molecule has 0 amide bonds. The Kier molecular flexibility index (Phi) is 7.85. The molecular formula is C25H28BrOP. The van der Waals surface area contributed by atoms with Gasteiger partial charge in [0.15, 0.2) is 0 Å². The summed E-state index contributed by atoms with van der Waals surface area (Å²) in [5.41, 5.74) is 0. The quantitative estimate of drug-likeness (QED) is 0.517. The topological polar surface area (TPSA) is 9.23 Å². The Morgan fingerprint density at radius 1 is 0.679 bits per heavy atom. The summed E-state index contributed by atoms with van der Waals surface area (Å²) in [6, 6.07) is 33.5. The van der Waals surface area contributed by atoms with E-state index in [0.717, 1.165) is 19.2 Å². The largest absolute Gasteiger partial charge is 1.00 e. The first-order chi connectivity index (χ1) is 13.4. The molecule has 1 aliphatic rings. The van der Waals surface area contributed by atoms with E-state index >= 15 is 0 Å². The van der Waals surface area contributed by atoms with Crippen molar-refractivity contribution in [1.82, 2.24) is 0 Å². The summed E-state index contributed by atoms with van der Waals surface area (Å²) < 4.78 is 6.10. The van der Waals surface area contributed by atoms with Gasteiger partial charge in [-0.2, -0.15) is 0 Å². The molecule has 1 heterocycles. The molecule has 3 heteroatoms. The van der Waals surface area contributed by atoms with E-state index in [0.29, 0.717) is 6.10 Å². The minimum Gasteiger partial charge on any atom is -1.00 e. The average Bonchev–Trinajstić information content (AvgIpc) is 2.77. The highest BCUT2D eigenvalue weighted by Gasteiger charge is 2.45. The van der Waals surface area contributed by atoms with Crippen molar-refractivity contribution in [3.8, 4) is 0 Å². The van der Waals surface area contributed by atoms with Crippen LogP contribution in [0.1, 0.15) is 25.7 Å². The maximum atomic E-state index is 6.10. The van der Waals surface area contributed by atoms with E-state index in [4.69, 9.17) is 4.74 Å². The van der Waals surface area contributed by atoms with E-state index in [1.807, 2.05) is 0 Å². The van der Waals surface area contributed by atoms with Gasteiger partial charge < -0.3 is 21.7 Å². The fourth-order valence-corrected chi connectivity index (χ4v) is 8.64. The van der Waals surface area contributed by atoms with Crippen LogP contribution in [-0.2, 0) is 4.74 Å². The van der Waals surface area contributed by atoms with Gasteiger partial charge in [-0.3, -0.25) is 0 Å². The fourth-order valence-electron chi connectivity index (χ4n) is 4.25. The lowest BCUT2D eigenvalue weighted by atomic mass is 10.1. The maximum absolute atomic E-state index is 6.10. The number of ether oxygens (including phenoxy) is 1. The van der Waals surface area contributed by atoms with Gasteiger partial charge in [-0.1, -0.05) is 54.6 Å². The molecular weight excluding hydrogens is 427 g/mol. The van der Waals surface area contributed by atoms with Gasteiger partial charge in [-0.25, -0.2) is 0 Å². The summed E-state index contributed by atoms with van der Waals surface area (Å²) in [6.07, 6.45) is 6.43. The van der Waals surface area contributed by atoms with E-state index in [9.17, 15) is 0 Å². The molecule has 0 spiro atoms. The molecule has 1 unspecified atom stereocenters. The van der Waals surface area contributed by atoms with Crippen LogP contribution in [0.4, 0.5) is 0 Å². The van der Waals surface area contributed by atoms with E-state index in [-0.39, 0.29) is 17.0 Å². The Balaban J connectivity index is 0.00000225. The highest BCUT2D eigenvalue weighted by Crippen LogP contribution is 2.56. The molecule has 1 atom stereocenters. The lowest BCUT2D eigenvalue weighted by Gasteiger charge is -2.30. The maximum Gasteiger partial charge on any atom is 0.112 e. The summed E-state index contributed by atoms with van der Waals surface area (Å²) >= 11 is 0. The zero-order valence-corrected chi connectivity index (χ0v) is 18.7. The van der Waals surface area contributed by atoms with E-state index < -0.39 is 7.26 Å². The van der Waals surface area contributed by atoms with Crippen LogP contribution < -0.4 is 32.9 Å². The lowest BCUT2D eigenvalue weighted by molar-refractivity contribution is -0.0000137. The van der Waals surface area contributed by atoms with Gasteiger partial charge in [0, 0.05) is 13.0 Å². The number of hydrogen-bond donors (Lipinski definition) is 0. The number of hydrogen-bond acceptors (Lipinski definition) is 1. The second kappa shape index (κ2) is 10.3. The molecule has 1 nitrogen and oxygen atoms in total. The minimum absolute atomic E-state index is 0. The van der Waals surface area contributed by atoms with Gasteiger partial charge in [0.2, 0.25) is 0 Å². The average molecular weight is 455 g/mol. The molecule has 0 saturated carbocycles. The van der Waals surface area contributed by atoms with Crippen LogP contribution in [0.5, 0.6) is 0 Å². The molecule has 0 aromatic heterocycles. The Bertz CT molecular complexity index is 720. The lowest BCUT2D eigenvalue weighted by Crippen LogP contribution is -3.00. The highest BCUT2D eigenvalue weighted by molar-refractivity contribution is 7.95. The third-order valence-corrected chi connectivity index (χ3v) is 10.1. The van der Waals surface area contributed by atoms with Gasteiger partial charge in [0.1, 0.15) is 23.2 Å². The van der Waals surface area contributed by atoms with Crippen molar-refractivity contribution < 1.29 is 21.7 Å². The van der Waals surface area contributed by atoms with Crippen molar-refractivity contribution in [3.05, 3.63) is 91.0 Å². The van der Waals surface area contributed by atoms with E-state index in [1.165, 1.54) is 35.2 Å². The summed E-state index contributed by atoms with van der Waals surface area (Å²) in [7, 11) is -1.70. The van der Waals surface area contributed by atoms with Crippen LogP contribution in [0.25, 0.3) is 0 Å². The first-order valence-electron chi connectivity index (χ1n) is 10.1. The fraction of sp³-hybridized carbons (Fsp3) is 0.280. The predicted octanol–water partition coefficient (Wildman–Crippen LogP) is 1.94. The summed E-state index contributed by atoms with van der Waals surface area (Å²) in [6.45, 7) is 0.929. The van der Waals surface area contributed by atoms with Crippen molar-refractivity contribution in [3.63, 3.8) is 0 Å². The molecule has 4 rings (SSSR count). The molecule has 1 fully saturated rings. The Morgan fingerprint density at radius 2 is 1.14 bits per heavy atom. The third-order valence-electron chi connectivity index (χ3n) is 5.65. The van der Waals surface area contributed by atoms with Gasteiger partial charge in [-0.15, -0.1) is 0 Å². The SMILES string of the molecule is [Br-].c1ccc([P+](CCC2CCCCO2)(c2ccccc2)c2ccccc2)cc1. The van der Waals surface area contributed by atoms with Crippen molar-refractivity contribution in [1.29, 1.82) is 0 Å². The monoisotopic (exact) mass is 454 g/mol.